The number of benzene rings is 1. The molecule has 0 aromatic heterocycles. The summed E-state index contributed by atoms with van der Waals surface area (Å²) in [4.78, 5) is 0. The first kappa shape index (κ1) is 10.5. The van der Waals surface area contributed by atoms with E-state index in [-0.39, 0.29) is 5.82 Å². The standard InChI is InChI=1S/C10H13ClFN/c1-7(2)13-6-8-3-4-9(11)5-10(8)12/h3-5,7,13H,6H2,1-2H3. The number of rotatable bonds is 3. The average molecular weight is 202 g/mol. The van der Waals surface area contributed by atoms with E-state index in [1.54, 1.807) is 12.1 Å². The van der Waals surface area contributed by atoms with Crippen molar-refractivity contribution in [2.24, 2.45) is 0 Å². The minimum Gasteiger partial charge on any atom is -0.310 e. The fourth-order valence-corrected chi connectivity index (χ4v) is 1.14. The minimum atomic E-state index is -0.249. The van der Waals surface area contributed by atoms with Crippen molar-refractivity contribution in [2.45, 2.75) is 26.4 Å². The van der Waals surface area contributed by atoms with Gasteiger partial charge in [0.15, 0.2) is 0 Å². The van der Waals surface area contributed by atoms with E-state index >= 15 is 0 Å². The van der Waals surface area contributed by atoms with E-state index in [4.69, 9.17) is 11.6 Å². The Balaban J connectivity index is 2.67. The van der Waals surface area contributed by atoms with E-state index in [2.05, 4.69) is 5.32 Å². The third kappa shape index (κ3) is 3.33. The molecule has 13 heavy (non-hydrogen) atoms. The summed E-state index contributed by atoms with van der Waals surface area (Å²) in [5, 5.41) is 3.57. The maximum Gasteiger partial charge on any atom is 0.129 e. The molecule has 3 heteroatoms. The van der Waals surface area contributed by atoms with E-state index in [1.807, 2.05) is 13.8 Å². The summed E-state index contributed by atoms with van der Waals surface area (Å²) in [5.74, 6) is -0.249. The monoisotopic (exact) mass is 201 g/mol. The first-order valence-electron chi connectivity index (χ1n) is 4.27. The molecule has 0 unspecified atom stereocenters. The fourth-order valence-electron chi connectivity index (χ4n) is 0.979. The molecule has 0 spiro atoms. The summed E-state index contributed by atoms with van der Waals surface area (Å²) in [7, 11) is 0. The van der Waals surface area contributed by atoms with Crippen LogP contribution < -0.4 is 5.32 Å². The van der Waals surface area contributed by atoms with Crippen molar-refractivity contribution >= 4 is 11.6 Å². The molecule has 72 valence electrons. The molecule has 0 atom stereocenters. The second-order valence-electron chi connectivity index (χ2n) is 3.27. The highest BCUT2D eigenvalue weighted by Gasteiger charge is 2.02. The van der Waals surface area contributed by atoms with Gasteiger partial charge in [-0.2, -0.15) is 0 Å². The fraction of sp³-hybridized carbons (Fsp3) is 0.400. The molecule has 1 aromatic rings. The Bertz CT molecular complexity index is 286. The summed E-state index contributed by atoms with van der Waals surface area (Å²) >= 11 is 5.62. The number of halogens is 2. The van der Waals surface area contributed by atoms with Crippen LogP contribution in [-0.2, 0) is 6.54 Å². The van der Waals surface area contributed by atoms with Crippen molar-refractivity contribution in [1.82, 2.24) is 5.32 Å². The summed E-state index contributed by atoms with van der Waals surface area (Å²) in [6, 6.07) is 5.09. The zero-order chi connectivity index (χ0) is 9.84. The van der Waals surface area contributed by atoms with Crippen molar-refractivity contribution < 1.29 is 4.39 Å². The smallest absolute Gasteiger partial charge is 0.129 e. The van der Waals surface area contributed by atoms with Gasteiger partial charge >= 0.3 is 0 Å². The molecule has 1 aromatic carbocycles. The molecule has 0 saturated heterocycles. The van der Waals surface area contributed by atoms with Crippen LogP contribution in [0.2, 0.25) is 5.02 Å². The van der Waals surface area contributed by atoms with Gasteiger partial charge in [0, 0.05) is 23.2 Å². The normalized spacial score (nSPS) is 10.8. The van der Waals surface area contributed by atoms with Crippen LogP contribution in [0.15, 0.2) is 18.2 Å². The van der Waals surface area contributed by atoms with Gasteiger partial charge in [0.25, 0.3) is 0 Å². The molecular weight excluding hydrogens is 189 g/mol. The van der Waals surface area contributed by atoms with E-state index < -0.39 is 0 Å². The van der Waals surface area contributed by atoms with Crippen molar-refractivity contribution in [3.63, 3.8) is 0 Å². The second kappa shape index (κ2) is 4.58. The maximum atomic E-state index is 13.2. The third-order valence-electron chi connectivity index (χ3n) is 1.72. The van der Waals surface area contributed by atoms with Gasteiger partial charge in [-0.05, 0) is 12.1 Å². The van der Waals surface area contributed by atoms with Gasteiger partial charge in [-0.15, -0.1) is 0 Å². The van der Waals surface area contributed by atoms with Crippen LogP contribution in [0.3, 0.4) is 0 Å². The molecule has 0 aliphatic rings. The van der Waals surface area contributed by atoms with Gasteiger partial charge in [-0.1, -0.05) is 31.5 Å². The molecule has 0 bridgehead atoms. The van der Waals surface area contributed by atoms with E-state index in [0.717, 1.165) is 0 Å². The molecule has 0 fully saturated rings. The minimum absolute atomic E-state index is 0.249. The lowest BCUT2D eigenvalue weighted by Gasteiger charge is -2.08. The zero-order valence-electron chi connectivity index (χ0n) is 7.77. The summed E-state index contributed by atoms with van der Waals surface area (Å²) in [6.45, 7) is 4.59. The van der Waals surface area contributed by atoms with Gasteiger partial charge < -0.3 is 5.32 Å². The zero-order valence-corrected chi connectivity index (χ0v) is 8.53. The lowest BCUT2D eigenvalue weighted by atomic mass is 10.2. The molecule has 0 amide bonds. The van der Waals surface area contributed by atoms with Crippen molar-refractivity contribution in [3.05, 3.63) is 34.6 Å². The van der Waals surface area contributed by atoms with Crippen LogP contribution >= 0.6 is 11.6 Å². The van der Waals surface area contributed by atoms with Crippen LogP contribution in [0.4, 0.5) is 4.39 Å². The van der Waals surface area contributed by atoms with Crippen LogP contribution in [-0.4, -0.2) is 6.04 Å². The van der Waals surface area contributed by atoms with Crippen LogP contribution in [0.5, 0.6) is 0 Å². The molecule has 1 rings (SSSR count). The summed E-state index contributed by atoms with van der Waals surface area (Å²) in [5.41, 5.74) is 0.651. The quantitative estimate of drug-likeness (QED) is 0.793. The van der Waals surface area contributed by atoms with E-state index in [0.29, 0.717) is 23.2 Å². The Morgan fingerprint density at radius 2 is 2.15 bits per heavy atom. The first-order chi connectivity index (χ1) is 6.09. The topological polar surface area (TPSA) is 12.0 Å². The van der Waals surface area contributed by atoms with Gasteiger partial charge in [-0.25, -0.2) is 4.39 Å². The van der Waals surface area contributed by atoms with Gasteiger partial charge in [0.05, 0.1) is 0 Å². The van der Waals surface area contributed by atoms with E-state index in [9.17, 15) is 4.39 Å². The molecule has 0 aliphatic carbocycles. The first-order valence-corrected chi connectivity index (χ1v) is 4.64. The van der Waals surface area contributed by atoms with Crippen LogP contribution in [0, 0.1) is 5.82 Å². The van der Waals surface area contributed by atoms with Gasteiger partial charge in [0.2, 0.25) is 0 Å². The Hall–Kier alpha value is -0.600. The highest BCUT2D eigenvalue weighted by molar-refractivity contribution is 6.30. The number of nitrogens with one attached hydrogen (secondary N) is 1. The molecular formula is C10H13ClFN. The molecule has 1 N–H and O–H groups in total. The Morgan fingerprint density at radius 3 is 2.69 bits per heavy atom. The molecule has 1 nitrogen and oxygen atoms in total. The number of hydrogen-bond acceptors (Lipinski definition) is 1. The van der Waals surface area contributed by atoms with Crippen molar-refractivity contribution in [1.29, 1.82) is 0 Å². The lowest BCUT2D eigenvalue weighted by Crippen LogP contribution is -2.22. The SMILES string of the molecule is CC(C)NCc1ccc(Cl)cc1F. The van der Waals surface area contributed by atoms with Crippen LogP contribution in [0.1, 0.15) is 19.4 Å². The maximum absolute atomic E-state index is 13.2. The van der Waals surface area contributed by atoms with Gasteiger partial charge in [-0.3, -0.25) is 0 Å². The van der Waals surface area contributed by atoms with Crippen molar-refractivity contribution in [3.8, 4) is 0 Å². The predicted molar refractivity (Wildman–Crippen MR) is 53.4 cm³/mol. The number of hydrogen-bond donors (Lipinski definition) is 1. The summed E-state index contributed by atoms with van der Waals surface area (Å²) in [6.07, 6.45) is 0. The Kier molecular flexibility index (Phi) is 3.70. The largest absolute Gasteiger partial charge is 0.310 e. The molecule has 0 radical (unpaired) electrons. The van der Waals surface area contributed by atoms with E-state index in [1.165, 1.54) is 6.07 Å². The predicted octanol–water partition coefficient (Wildman–Crippen LogP) is 2.98. The van der Waals surface area contributed by atoms with Crippen LogP contribution in [0.25, 0.3) is 0 Å². The third-order valence-corrected chi connectivity index (χ3v) is 1.95. The van der Waals surface area contributed by atoms with Crippen molar-refractivity contribution in [2.75, 3.05) is 0 Å². The highest BCUT2D eigenvalue weighted by atomic mass is 35.5. The lowest BCUT2D eigenvalue weighted by molar-refractivity contribution is 0.553. The van der Waals surface area contributed by atoms with Gasteiger partial charge in [0.1, 0.15) is 5.82 Å². The second-order valence-corrected chi connectivity index (χ2v) is 3.71. The molecule has 0 aliphatic heterocycles. The average Bonchev–Trinajstić information content (AvgIpc) is 2.02. The highest BCUT2D eigenvalue weighted by Crippen LogP contribution is 2.14. The molecule has 0 heterocycles. The Labute approximate surface area is 82.9 Å². The molecule has 0 saturated carbocycles. The Morgan fingerprint density at radius 1 is 1.46 bits per heavy atom. The summed E-state index contributed by atoms with van der Waals surface area (Å²) < 4.78 is 13.2.